The molecule has 1 heterocycles. The van der Waals surface area contributed by atoms with Gasteiger partial charge >= 0.3 is 0 Å². The van der Waals surface area contributed by atoms with Crippen LogP contribution in [0.25, 0.3) is 0 Å². The smallest absolute Gasteiger partial charge is 0.233 e. The third-order valence-corrected chi connectivity index (χ3v) is 2.80. The van der Waals surface area contributed by atoms with Crippen molar-refractivity contribution in [2.24, 2.45) is 5.92 Å². The number of carbonyl (C=O) groups is 1. The minimum atomic E-state index is 0.0476. The Morgan fingerprint density at radius 3 is 2.78 bits per heavy atom. The molecule has 1 unspecified atom stereocenters. The van der Waals surface area contributed by atoms with Gasteiger partial charge in [0.25, 0.3) is 0 Å². The van der Waals surface area contributed by atoms with Gasteiger partial charge in [-0.05, 0) is 30.9 Å². The van der Waals surface area contributed by atoms with E-state index in [1.165, 1.54) is 0 Å². The number of amides is 1. The van der Waals surface area contributed by atoms with E-state index in [1.807, 2.05) is 25.3 Å². The third-order valence-electron chi connectivity index (χ3n) is 2.80. The summed E-state index contributed by atoms with van der Waals surface area (Å²) >= 11 is 0. The third kappa shape index (κ3) is 5.77. The first-order chi connectivity index (χ1) is 8.59. The van der Waals surface area contributed by atoms with Crippen LogP contribution >= 0.6 is 0 Å². The first-order valence-corrected chi connectivity index (χ1v) is 6.49. The summed E-state index contributed by atoms with van der Waals surface area (Å²) in [7, 11) is 0. The van der Waals surface area contributed by atoms with E-state index in [1.54, 1.807) is 6.20 Å². The van der Waals surface area contributed by atoms with E-state index in [-0.39, 0.29) is 11.9 Å². The summed E-state index contributed by atoms with van der Waals surface area (Å²) < 4.78 is 0. The fourth-order valence-corrected chi connectivity index (χ4v) is 1.56. The molecule has 2 N–H and O–H groups in total. The molecule has 1 atom stereocenters. The van der Waals surface area contributed by atoms with Crippen molar-refractivity contribution in [1.82, 2.24) is 15.6 Å². The van der Waals surface area contributed by atoms with Crippen LogP contribution in [0.4, 0.5) is 0 Å². The largest absolute Gasteiger partial charge is 0.355 e. The zero-order valence-electron chi connectivity index (χ0n) is 11.4. The average Bonchev–Trinajstić information content (AvgIpc) is 2.36. The lowest BCUT2D eigenvalue weighted by atomic mass is 10.1. The second kappa shape index (κ2) is 7.82. The molecule has 100 valence electrons. The van der Waals surface area contributed by atoms with Crippen LogP contribution in [0.2, 0.25) is 0 Å². The monoisotopic (exact) mass is 249 g/mol. The summed E-state index contributed by atoms with van der Waals surface area (Å²) in [6.07, 6.45) is 4.58. The van der Waals surface area contributed by atoms with Crippen molar-refractivity contribution in [3.8, 4) is 0 Å². The quantitative estimate of drug-likeness (QED) is 0.776. The van der Waals surface area contributed by atoms with Crippen molar-refractivity contribution < 1.29 is 4.79 Å². The molecule has 0 fully saturated rings. The minimum absolute atomic E-state index is 0.0476. The van der Waals surface area contributed by atoms with Crippen LogP contribution < -0.4 is 10.6 Å². The fraction of sp³-hybridized carbons (Fsp3) is 0.571. The van der Waals surface area contributed by atoms with Crippen LogP contribution in [0.3, 0.4) is 0 Å². The molecule has 0 bridgehead atoms. The van der Waals surface area contributed by atoms with Gasteiger partial charge in [-0.15, -0.1) is 0 Å². The summed E-state index contributed by atoms with van der Waals surface area (Å²) in [5.74, 6) is 0.666. The van der Waals surface area contributed by atoms with E-state index in [0.29, 0.717) is 12.5 Å². The highest BCUT2D eigenvalue weighted by atomic mass is 16.1. The molecule has 0 aromatic carbocycles. The Kier molecular flexibility index (Phi) is 6.36. The van der Waals surface area contributed by atoms with Gasteiger partial charge in [0, 0.05) is 25.0 Å². The molecule has 4 heteroatoms. The zero-order chi connectivity index (χ0) is 13.4. The number of nitrogens with zero attached hydrogens (tertiary/aromatic N) is 1. The second-order valence-electron chi connectivity index (χ2n) is 4.92. The highest BCUT2D eigenvalue weighted by Gasteiger charge is 2.07. The summed E-state index contributed by atoms with van der Waals surface area (Å²) in [5.41, 5.74) is 1.09. The predicted molar refractivity (Wildman–Crippen MR) is 73.1 cm³/mol. The number of pyridine rings is 1. The number of carbonyl (C=O) groups excluding carboxylic acids is 1. The molecule has 1 aromatic rings. The molecule has 0 aliphatic rings. The standard InChI is InChI=1S/C14H23N3O/c1-11(2)6-8-16-14(18)10-17-12(3)13-5-4-7-15-9-13/h4-5,7,9,11-12,17H,6,8,10H2,1-3H3,(H,16,18). The summed E-state index contributed by atoms with van der Waals surface area (Å²) in [6.45, 7) is 7.41. The van der Waals surface area contributed by atoms with Crippen LogP contribution in [-0.2, 0) is 4.79 Å². The van der Waals surface area contributed by atoms with Gasteiger partial charge < -0.3 is 10.6 Å². The van der Waals surface area contributed by atoms with Gasteiger partial charge in [-0.2, -0.15) is 0 Å². The first kappa shape index (κ1) is 14.6. The lowest BCUT2D eigenvalue weighted by molar-refractivity contribution is -0.120. The molecule has 1 aromatic heterocycles. The summed E-state index contributed by atoms with van der Waals surface area (Å²) in [4.78, 5) is 15.6. The van der Waals surface area contributed by atoms with Crippen molar-refractivity contribution in [3.63, 3.8) is 0 Å². The van der Waals surface area contributed by atoms with Crippen molar-refractivity contribution in [2.75, 3.05) is 13.1 Å². The van der Waals surface area contributed by atoms with E-state index in [9.17, 15) is 4.79 Å². The molecule has 1 amide bonds. The van der Waals surface area contributed by atoms with Crippen molar-refractivity contribution in [1.29, 1.82) is 0 Å². The Morgan fingerprint density at radius 1 is 1.39 bits per heavy atom. The van der Waals surface area contributed by atoms with E-state index >= 15 is 0 Å². The molecule has 0 radical (unpaired) electrons. The van der Waals surface area contributed by atoms with E-state index < -0.39 is 0 Å². The molecular weight excluding hydrogens is 226 g/mol. The zero-order valence-corrected chi connectivity index (χ0v) is 11.4. The van der Waals surface area contributed by atoms with Crippen LogP contribution in [0.5, 0.6) is 0 Å². The Labute approximate surface area is 109 Å². The van der Waals surface area contributed by atoms with Gasteiger partial charge in [0.2, 0.25) is 5.91 Å². The number of rotatable bonds is 7. The number of nitrogens with one attached hydrogen (secondary N) is 2. The average molecular weight is 249 g/mol. The Balaban J connectivity index is 2.22. The van der Waals surface area contributed by atoms with E-state index in [4.69, 9.17) is 0 Å². The van der Waals surface area contributed by atoms with Gasteiger partial charge in [-0.3, -0.25) is 9.78 Å². The second-order valence-corrected chi connectivity index (χ2v) is 4.92. The van der Waals surface area contributed by atoms with Gasteiger partial charge in [0.05, 0.1) is 6.54 Å². The highest BCUT2D eigenvalue weighted by Crippen LogP contribution is 2.08. The van der Waals surface area contributed by atoms with Crippen LogP contribution in [0.1, 0.15) is 38.8 Å². The summed E-state index contributed by atoms with van der Waals surface area (Å²) in [6, 6.07) is 4.03. The van der Waals surface area contributed by atoms with Crippen molar-refractivity contribution in [2.45, 2.75) is 33.2 Å². The number of hydrogen-bond donors (Lipinski definition) is 2. The Bertz CT molecular complexity index is 351. The highest BCUT2D eigenvalue weighted by molar-refractivity contribution is 5.77. The molecule has 18 heavy (non-hydrogen) atoms. The lowest BCUT2D eigenvalue weighted by Crippen LogP contribution is -2.35. The first-order valence-electron chi connectivity index (χ1n) is 6.49. The van der Waals surface area contributed by atoms with Gasteiger partial charge in [-0.1, -0.05) is 19.9 Å². The molecule has 0 aliphatic carbocycles. The number of hydrogen-bond acceptors (Lipinski definition) is 3. The molecule has 4 nitrogen and oxygen atoms in total. The number of aromatic nitrogens is 1. The SMILES string of the molecule is CC(C)CCNC(=O)CNC(C)c1cccnc1. The normalized spacial score (nSPS) is 12.4. The molecule has 0 saturated carbocycles. The van der Waals surface area contributed by atoms with Gasteiger partial charge in [-0.25, -0.2) is 0 Å². The lowest BCUT2D eigenvalue weighted by Gasteiger charge is -2.14. The van der Waals surface area contributed by atoms with Gasteiger partial charge in [0.1, 0.15) is 0 Å². The van der Waals surface area contributed by atoms with E-state index in [0.717, 1.165) is 18.5 Å². The molecule has 0 spiro atoms. The molecular formula is C14H23N3O. The molecule has 0 aliphatic heterocycles. The molecule has 0 saturated heterocycles. The fourth-order valence-electron chi connectivity index (χ4n) is 1.56. The van der Waals surface area contributed by atoms with Crippen molar-refractivity contribution in [3.05, 3.63) is 30.1 Å². The van der Waals surface area contributed by atoms with Gasteiger partial charge in [0.15, 0.2) is 0 Å². The predicted octanol–water partition coefficient (Wildman–Crippen LogP) is 1.89. The maximum absolute atomic E-state index is 11.6. The Hall–Kier alpha value is -1.42. The van der Waals surface area contributed by atoms with Crippen LogP contribution in [0, 0.1) is 5.92 Å². The topological polar surface area (TPSA) is 54.0 Å². The van der Waals surface area contributed by atoms with E-state index in [2.05, 4.69) is 29.5 Å². The van der Waals surface area contributed by atoms with Crippen LogP contribution in [0.15, 0.2) is 24.5 Å². The Morgan fingerprint density at radius 2 is 2.17 bits per heavy atom. The molecule has 1 rings (SSSR count). The maximum atomic E-state index is 11.6. The van der Waals surface area contributed by atoms with Crippen molar-refractivity contribution >= 4 is 5.91 Å². The summed E-state index contributed by atoms with van der Waals surface area (Å²) in [5, 5.41) is 6.09. The van der Waals surface area contributed by atoms with Crippen LogP contribution in [-0.4, -0.2) is 24.0 Å². The minimum Gasteiger partial charge on any atom is -0.355 e. The maximum Gasteiger partial charge on any atom is 0.233 e.